The lowest BCUT2D eigenvalue weighted by Crippen LogP contribution is -2.41. The van der Waals surface area contributed by atoms with Crippen molar-refractivity contribution in [2.45, 2.75) is 38.6 Å². The maximum Gasteiger partial charge on any atom is 0.360 e. The molecule has 9 nitrogen and oxygen atoms in total. The molecular weight excluding hydrogens is 324 g/mol. The number of carbonyl (C=O) groups excluding carboxylic acids is 2. The first kappa shape index (κ1) is 17.1. The zero-order chi connectivity index (χ0) is 18.0. The van der Waals surface area contributed by atoms with Crippen LogP contribution in [0.4, 0.5) is 0 Å². The van der Waals surface area contributed by atoms with Crippen LogP contribution >= 0.6 is 0 Å². The van der Waals surface area contributed by atoms with E-state index in [0.29, 0.717) is 18.7 Å². The lowest BCUT2D eigenvalue weighted by atomic mass is 10.0. The second-order valence-electron chi connectivity index (χ2n) is 6.47. The van der Waals surface area contributed by atoms with E-state index in [0.717, 1.165) is 18.5 Å². The average Bonchev–Trinajstić information content (AvgIpc) is 3.30. The Balaban J connectivity index is 1.74. The topological polar surface area (TPSA) is 106 Å². The highest BCUT2D eigenvalue weighted by molar-refractivity contribution is 5.95. The molecule has 0 aliphatic carbocycles. The molecule has 1 saturated heterocycles. The summed E-state index contributed by atoms with van der Waals surface area (Å²) in [6.07, 6.45) is 4.89. The normalized spacial score (nSPS) is 17.8. The number of nitrogens with one attached hydrogen (secondary N) is 1. The number of methoxy groups -OCH3 is 1. The maximum absolute atomic E-state index is 12.9. The van der Waals surface area contributed by atoms with Crippen LogP contribution < -0.4 is 0 Å². The predicted octanol–water partition coefficient (Wildman–Crippen LogP) is 1.39. The summed E-state index contributed by atoms with van der Waals surface area (Å²) in [5.41, 5.74) is 1.63. The monoisotopic (exact) mass is 346 g/mol. The van der Waals surface area contributed by atoms with Gasteiger partial charge in [-0.05, 0) is 18.8 Å². The molecule has 3 rings (SSSR count). The molecule has 134 valence electrons. The van der Waals surface area contributed by atoms with Crippen LogP contribution in [0.1, 0.15) is 65.2 Å². The van der Waals surface area contributed by atoms with E-state index in [-0.39, 0.29) is 23.6 Å². The third-order valence-electron chi connectivity index (χ3n) is 4.44. The van der Waals surface area contributed by atoms with Crippen LogP contribution in [0, 0.1) is 0 Å². The summed E-state index contributed by atoms with van der Waals surface area (Å²) in [5.74, 6) is -0.356. The van der Waals surface area contributed by atoms with Crippen LogP contribution in [-0.4, -0.2) is 62.2 Å². The van der Waals surface area contributed by atoms with Crippen molar-refractivity contribution in [2.24, 2.45) is 0 Å². The molecular formula is C16H22N6O3. The van der Waals surface area contributed by atoms with Gasteiger partial charge in [0.1, 0.15) is 0 Å². The highest BCUT2D eigenvalue weighted by Gasteiger charge is 2.29. The number of carbonyl (C=O) groups is 2. The van der Waals surface area contributed by atoms with Gasteiger partial charge >= 0.3 is 5.97 Å². The highest BCUT2D eigenvalue weighted by atomic mass is 16.5. The molecule has 1 atom stereocenters. The van der Waals surface area contributed by atoms with Crippen LogP contribution in [0.5, 0.6) is 0 Å². The molecule has 0 bridgehead atoms. The number of hydrogen-bond donors (Lipinski definition) is 1. The first-order chi connectivity index (χ1) is 12.0. The molecule has 1 aliphatic heterocycles. The zero-order valence-electron chi connectivity index (χ0n) is 14.6. The quantitative estimate of drug-likeness (QED) is 0.839. The van der Waals surface area contributed by atoms with Gasteiger partial charge in [-0.15, -0.1) is 5.10 Å². The van der Waals surface area contributed by atoms with E-state index in [1.165, 1.54) is 7.11 Å². The Morgan fingerprint density at radius 1 is 1.40 bits per heavy atom. The van der Waals surface area contributed by atoms with Crippen molar-refractivity contribution in [3.63, 3.8) is 0 Å². The number of amides is 1. The molecule has 0 aromatic carbocycles. The maximum atomic E-state index is 12.9. The van der Waals surface area contributed by atoms with Crippen molar-refractivity contribution in [3.8, 4) is 0 Å². The van der Waals surface area contributed by atoms with Crippen LogP contribution in [0.15, 0.2) is 12.4 Å². The van der Waals surface area contributed by atoms with E-state index in [1.807, 2.05) is 18.7 Å². The van der Waals surface area contributed by atoms with E-state index in [9.17, 15) is 9.59 Å². The average molecular weight is 346 g/mol. The zero-order valence-corrected chi connectivity index (χ0v) is 14.6. The van der Waals surface area contributed by atoms with Gasteiger partial charge < -0.3 is 9.64 Å². The number of nitrogens with zero attached hydrogens (tertiary/aromatic N) is 5. The molecule has 0 unspecified atom stereocenters. The summed E-state index contributed by atoms with van der Waals surface area (Å²) in [6.45, 7) is 5.25. The molecule has 0 radical (unpaired) electrons. The van der Waals surface area contributed by atoms with Gasteiger partial charge in [-0.1, -0.05) is 19.1 Å². The van der Waals surface area contributed by atoms with E-state index in [1.54, 1.807) is 17.1 Å². The van der Waals surface area contributed by atoms with Crippen molar-refractivity contribution >= 4 is 11.9 Å². The van der Waals surface area contributed by atoms with Crippen molar-refractivity contribution in [1.82, 2.24) is 30.1 Å². The van der Waals surface area contributed by atoms with Crippen LogP contribution in [-0.2, 0) is 4.74 Å². The van der Waals surface area contributed by atoms with Crippen molar-refractivity contribution in [2.75, 3.05) is 20.2 Å². The molecule has 25 heavy (non-hydrogen) atoms. The summed E-state index contributed by atoms with van der Waals surface area (Å²) in [5, 5.41) is 14.8. The first-order valence-corrected chi connectivity index (χ1v) is 8.34. The number of aromatic nitrogens is 5. The number of H-pyrrole nitrogens is 1. The van der Waals surface area contributed by atoms with Gasteiger partial charge in [0, 0.05) is 13.1 Å². The number of likely N-dealkylation sites (tertiary alicyclic amines) is 1. The molecule has 0 spiro atoms. The molecule has 1 N–H and O–H groups in total. The van der Waals surface area contributed by atoms with Gasteiger partial charge in [0.2, 0.25) is 0 Å². The molecule has 1 fully saturated rings. The SMILES string of the molecule is COC(=O)c1cn([C@H]2CCCN(C(=O)c3cn[nH]c3C(C)C)C2)nn1. The van der Waals surface area contributed by atoms with Crippen LogP contribution in [0.2, 0.25) is 0 Å². The molecule has 3 heterocycles. The molecule has 1 aliphatic rings. The van der Waals surface area contributed by atoms with E-state index >= 15 is 0 Å². The lowest BCUT2D eigenvalue weighted by molar-refractivity contribution is 0.0592. The predicted molar refractivity (Wildman–Crippen MR) is 88.2 cm³/mol. The Kier molecular flexibility index (Phi) is 4.82. The second kappa shape index (κ2) is 7.04. The number of ether oxygens (including phenoxy) is 1. The number of esters is 1. The number of hydrogen-bond acceptors (Lipinski definition) is 6. The molecule has 1 amide bonds. The molecule has 0 saturated carbocycles. The number of aromatic amines is 1. The Labute approximate surface area is 145 Å². The summed E-state index contributed by atoms with van der Waals surface area (Å²) in [7, 11) is 1.31. The third-order valence-corrected chi connectivity index (χ3v) is 4.44. The summed E-state index contributed by atoms with van der Waals surface area (Å²) < 4.78 is 6.29. The summed E-state index contributed by atoms with van der Waals surface area (Å²) in [6, 6.07) is -0.0157. The smallest absolute Gasteiger partial charge is 0.360 e. The Bertz CT molecular complexity index is 766. The Morgan fingerprint density at radius 2 is 2.20 bits per heavy atom. The second-order valence-corrected chi connectivity index (χ2v) is 6.47. The summed E-state index contributed by atoms with van der Waals surface area (Å²) in [4.78, 5) is 26.2. The largest absolute Gasteiger partial charge is 0.464 e. The molecule has 2 aromatic heterocycles. The minimum Gasteiger partial charge on any atom is -0.464 e. The van der Waals surface area contributed by atoms with E-state index < -0.39 is 5.97 Å². The lowest BCUT2D eigenvalue weighted by Gasteiger charge is -2.32. The molecule has 9 heteroatoms. The third kappa shape index (κ3) is 3.40. The van der Waals surface area contributed by atoms with Crippen molar-refractivity contribution < 1.29 is 14.3 Å². The standard InChI is InChI=1S/C16H22N6O3/c1-10(2)14-12(7-17-19-14)15(23)21-6-4-5-11(8-21)22-9-13(18-20-22)16(24)25-3/h7,9-11H,4-6,8H2,1-3H3,(H,17,19)/t11-/m0/s1. The Hall–Kier alpha value is -2.71. The van der Waals surface area contributed by atoms with Crippen LogP contribution in [0.3, 0.4) is 0 Å². The fourth-order valence-electron chi connectivity index (χ4n) is 3.09. The number of rotatable bonds is 4. The Morgan fingerprint density at radius 3 is 2.92 bits per heavy atom. The van der Waals surface area contributed by atoms with E-state index in [4.69, 9.17) is 0 Å². The fraction of sp³-hybridized carbons (Fsp3) is 0.562. The van der Waals surface area contributed by atoms with Gasteiger partial charge in [0.25, 0.3) is 5.91 Å². The van der Waals surface area contributed by atoms with Gasteiger partial charge in [0.15, 0.2) is 5.69 Å². The first-order valence-electron chi connectivity index (χ1n) is 8.34. The van der Waals surface area contributed by atoms with Gasteiger partial charge in [0.05, 0.1) is 36.8 Å². The highest BCUT2D eigenvalue weighted by Crippen LogP contribution is 2.24. The van der Waals surface area contributed by atoms with Crippen molar-refractivity contribution in [1.29, 1.82) is 0 Å². The van der Waals surface area contributed by atoms with Gasteiger partial charge in [-0.2, -0.15) is 5.10 Å². The number of piperidine rings is 1. The van der Waals surface area contributed by atoms with Crippen LogP contribution in [0.25, 0.3) is 0 Å². The van der Waals surface area contributed by atoms with E-state index in [2.05, 4.69) is 25.2 Å². The van der Waals surface area contributed by atoms with Gasteiger partial charge in [-0.3, -0.25) is 9.89 Å². The van der Waals surface area contributed by atoms with Gasteiger partial charge in [-0.25, -0.2) is 9.48 Å². The minimum atomic E-state index is -0.519. The molecule has 2 aromatic rings. The fourth-order valence-corrected chi connectivity index (χ4v) is 3.09. The summed E-state index contributed by atoms with van der Waals surface area (Å²) >= 11 is 0. The minimum absolute atomic E-state index is 0.0157. The van der Waals surface area contributed by atoms with Crippen molar-refractivity contribution in [3.05, 3.63) is 29.3 Å².